The van der Waals surface area contributed by atoms with Crippen LogP contribution in [0.4, 0.5) is 13.2 Å². The van der Waals surface area contributed by atoms with Crippen LogP contribution in [0.1, 0.15) is 25.8 Å². The number of ether oxygens (including phenoxy) is 2. The third-order valence-electron chi connectivity index (χ3n) is 3.41. The van der Waals surface area contributed by atoms with E-state index in [0.29, 0.717) is 37.1 Å². The molecule has 0 fully saturated rings. The van der Waals surface area contributed by atoms with Crippen molar-refractivity contribution in [3.05, 3.63) is 29.8 Å². The van der Waals surface area contributed by atoms with Crippen molar-refractivity contribution in [3.8, 4) is 5.75 Å². The van der Waals surface area contributed by atoms with Crippen LogP contribution in [0.3, 0.4) is 0 Å². The van der Waals surface area contributed by atoms with Gasteiger partial charge in [0.15, 0.2) is 12.6 Å². The second-order valence-corrected chi connectivity index (χ2v) is 6.16. The number of aliphatic imine (C=N–C) groups is 1. The smallest absolute Gasteiger partial charge is 0.422 e. The van der Waals surface area contributed by atoms with Crippen molar-refractivity contribution in [2.75, 3.05) is 33.4 Å². The summed E-state index contributed by atoms with van der Waals surface area (Å²) in [7, 11) is 1.63. The molecule has 148 valence electrons. The van der Waals surface area contributed by atoms with Gasteiger partial charge in [-0.2, -0.15) is 13.2 Å². The number of alkyl halides is 3. The number of hydrogen-bond acceptors (Lipinski definition) is 3. The van der Waals surface area contributed by atoms with Crippen molar-refractivity contribution >= 4 is 5.96 Å². The molecule has 26 heavy (non-hydrogen) atoms. The maximum Gasteiger partial charge on any atom is 0.422 e. The summed E-state index contributed by atoms with van der Waals surface area (Å²) in [5.74, 6) is 1.35. The van der Waals surface area contributed by atoms with Crippen molar-refractivity contribution in [3.63, 3.8) is 0 Å². The Morgan fingerprint density at radius 2 is 1.88 bits per heavy atom. The zero-order valence-corrected chi connectivity index (χ0v) is 15.5. The van der Waals surface area contributed by atoms with E-state index in [1.807, 2.05) is 0 Å². The molecule has 0 radical (unpaired) electrons. The summed E-state index contributed by atoms with van der Waals surface area (Å²) < 4.78 is 47.4. The lowest BCUT2D eigenvalue weighted by Crippen LogP contribution is -2.38. The molecule has 0 heterocycles. The highest BCUT2D eigenvalue weighted by Gasteiger charge is 2.28. The number of para-hydroxylation sites is 1. The van der Waals surface area contributed by atoms with Crippen LogP contribution < -0.4 is 15.4 Å². The molecule has 0 aliphatic rings. The normalized spacial score (nSPS) is 12.3. The van der Waals surface area contributed by atoms with Crippen LogP contribution in [0.25, 0.3) is 0 Å². The van der Waals surface area contributed by atoms with Gasteiger partial charge in [-0.25, -0.2) is 0 Å². The maximum atomic E-state index is 12.3. The zero-order valence-electron chi connectivity index (χ0n) is 15.5. The molecular formula is C18H28F3N3O2. The quantitative estimate of drug-likeness (QED) is 0.374. The van der Waals surface area contributed by atoms with Crippen LogP contribution in [-0.2, 0) is 11.3 Å². The first-order valence-electron chi connectivity index (χ1n) is 8.61. The molecule has 0 saturated heterocycles. The van der Waals surface area contributed by atoms with Gasteiger partial charge in [0.25, 0.3) is 0 Å². The third-order valence-corrected chi connectivity index (χ3v) is 3.41. The largest absolute Gasteiger partial charge is 0.484 e. The van der Waals surface area contributed by atoms with Gasteiger partial charge in [-0.3, -0.25) is 4.99 Å². The summed E-state index contributed by atoms with van der Waals surface area (Å²) in [4.78, 5) is 4.08. The Morgan fingerprint density at radius 1 is 1.15 bits per heavy atom. The molecule has 0 amide bonds. The van der Waals surface area contributed by atoms with Crippen molar-refractivity contribution < 1.29 is 22.6 Å². The van der Waals surface area contributed by atoms with Crippen molar-refractivity contribution in [2.24, 2.45) is 10.9 Å². The topological polar surface area (TPSA) is 54.9 Å². The lowest BCUT2D eigenvalue weighted by Gasteiger charge is -2.15. The molecule has 1 aromatic carbocycles. The van der Waals surface area contributed by atoms with Crippen LogP contribution >= 0.6 is 0 Å². The molecule has 0 aromatic heterocycles. The van der Waals surface area contributed by atoms with Gasteiger partial charge in [-0.05, 0) is 18.4 Å². The van der Waals surface area contributed by atoms with Crippen molar-refractivity contribution in [2.45, 2.75) is 33.0 Å². The molecule has 0 atom stereocenters. The fourth-order valence-corrected chi connectivity index (χ4v) is 2.01. The number of hydrogen-bond donors (Lipinski definition) is 2. The van der Waals surface area contributed by atoms with E-state index in [0.717, 1.165) is 13.0 Å². The number of halogens is 3. The van der Waals surface area contributed by atoms with E-state index < -0.39 is 12.8 Å². The van der Waals surface area contributed by atoms with Gasteiger partial charge < -0.3 is 20.1 Å². The molecule has 5 nitrogen and oxygen atoms in total. The maximum absolute atomic E-state index is 12.3. The molecule has 2 N–H and O–H groups in total. The molecule has 0 unspecified atom stereocenters. The minimum Gasteiger partial charge on any atom is -0.484 e. The molecule has 0 aliphatic carbocycles. The first-order valence-corrected chi connectivity index (χ1v) is 8.61. The van der Waals surface area contributed by atoms with Crippen LogP contribution in [-0.4, -0.2) is 45.5 Å². The molecule has 1 aromatic rings. The molecular weight excluding hydrogens is 347 g/mol. The van der Waals surface area contributed by atoms with Crippen molar-refractivity contribution in [1.82, 2.24) is 10.6 Å². The van der Waals surface area contributed by atoms with Crippen LogP contribution in [0, 0.1) is 5.92 Å². The fourth-order valence-electron chi connectivity index (χ4n) is 2.01. The zero-order chi connectivity index (χ0) is 19.4. The highest BCUT2D eigenvalue weighted by Crippen LogP contribution is 2.21. The first-order chi connectivity index (χ1) is 12.3. The Morgan fingerprint density at radius 3 is 2.54 bits per heavy atom. The number of guanidine groups is 1. The SMILES string of the molecule is CN=C(NCCOCCC(C)C)NCc1ccccc1OCC(F)(F)F. The predicted octanol–water partition coefficient (Wildman–Crippen LogP) is 3.36. The van der Waals surface area contributed by atoms with Gasteiger partial charge in [-0.15, -0.1) is 0 Å². The van der Waals surface area contributed by atoms with Gasteiger partial charge in [0.2, 0.25) is 0 Å². The Bertz CT molecular complexity index is 549. The van der Waals surface area contributed by atoms with Crippen LogP contribution in [0.5, 0.6) is 5.75 Å². The molecule has 8 heteroatoms. The van der Waals surface area contributed by atoms with E-state index in [4.69, 9.17) is 9.47 Å². The van der Waals surface area contributed by atoms with E-state index in [1.165, 1.54) is 6.07 Å². The summed E-state index contributed by atoms with van der Waals surface area (Å²) in [5, 5.41) is 6.15. The standard InChI is InChI=1S/C18H28F3N3O2/c1-14(2)8-10-25-11-9-23-17(22-3)24-12-15-6-4-5-7-16(15)26-13-18(19,20)21/h4-7,14H,8-13H2,1-3H3,(H2,22,23,24). The Labute approximate surface area is 153 Å². The predicted molar refractivity (Wildman–Crippen MR) is 96.5 cm³/mol. The second kappa shape index (κ2) is 11.6. The molecule has 0 aliphatic heterocycles. The number of rotatable bonds is 10. The van der Waals surface area contributed by atoms with E-state index in [9.17, 15) is 13.2 Å². The minimum absolute atomic E-state index is 0.199. The second-order valence-electron chi connectivity index (χ2n) is 6.16. The van der Waals surface area contributed by atoms with Gasteiger partial charge in [0.1, 0.15) is 5.75 Å². The van der Waals surface area contributed by atoms with Crippen LogP contribution in [0.15, 0.2) is 29.3 Å². The Hall–Kier alpha value is -1.96. The van der Waals surface area contributed by atoms with Gasteiger partial charge in [-0.1, -0.05) is 32.0 Å². The number of benzene rings is 1. The van der Waals surface area contributed by atoms with Gasteiger partial charge >= 0.3 is 6.18 Å². The summed E-state index contributed by atoms with van der Waals surface area (Å²) >= 11 is 0. The van der Waals surface area contributed by atoms with Crippen molar-refractivity contribution in [1.29, 1.82) is 0 Å². The molecule has 0 saturated carbocycles. The highest BCUT2D eigenvalue weighted by molar-refractivity contribution is 5.79. The van der Waals surface area contributed by atoms with Gasteiger partial charge in [0.05, 0.1) is 6.61 Å². The van der Waals surface area contributed by atoms with E-state index in [2.05, 4.69) is 29.5 Å². The highest BCUT2D eigenvalue weighted by atomic mass is 19.4. The van der Waals surface area contributed by atoms with E-state index in [-0.39, 0.29) is 5.75 Å². The summed E-state index contributed by atoms with van der Waals surface area (Å²) in [6.07, 6.45) is -3.35. The first kappa shape index (κ1) is 22.1. The summed E-state index contributed by atoms with van der Waals surface area (Å²) in [6, 6.07) is 6.61. The third kappa shape index (κ3) is 10.1. The monoisotopic (exact) mass is 375 g/mol. The Balaban J connectivity index is 2.39. The number of nitrogens with one attached hydrogen (secondary N) is 2. The summed E-state index contributed by atoms with van der Waals surface area (Å²) in [5.41, 5.74) is 0.618. The van der Waals surface area contributed by atoms with Gasteiger partial charge in [0, 0.05) is 32.3 Å². The van der Waals surface area contributed by atoms with Crippen LogP contribution in [0.2, 0.25) is 0 Å². The average molecular weight is 375 g/mol. The minimum atomic E-state index is -4.37. The molecule has 0 spiro atoms. The summed E-state index contributed by atoms with van der Waals surface area (Å²) in [6.45, 7) is 5.12. The molecule has 1 rings (SSSR count). The Kier molecular flexibility index (Phi) is 9.87. The number of nitrogens with zero attached hydrogens (tertiary/aromatic N) is 1. The lowest BCUT2D eigenvalue weighted by atomic mass is 10.1. The lowest BCUT2D eigenvalue weighted by molar-refractivity contribution is -0.153. The average Bonchev–Trinajstić information content (AvgIpc) is 2.58. The molecule has 0 bridgehead atoms. The van der Waals surface area contributed by atoms with E-state index >= 15 is 0 Å². The fraction of sp³-hybridized carbons (Fsp3) is 0.611. The van der Waals surface area contributed by atoms with E-state index in [1.54, 1.807) is 25.2 Å².